The highest BCUT2D eigenvalue weighted by Crippen LogP contribution is 2.33. The van der Waals surface area contributed by atoms with E-state index in [9.17, 15) is 0 Å². The molecule has 3 heteroatoms. The minimum absolute atomic E-state index is 0.769. The lowest BCUT2D eigenvalue weighted by molar-refractivity contribution is 0.414. The Bertz CT molecular complexity index is 613. The third-order valence-electron chi connectivity index (χ3n) is 3.40. The van der Waals surface area contributed by atoms with E-state index >= 15 is 0 Å². The fourth-order valence-corrected chi connectivity index (χ4v) is 2.56. The van der Waals surface area contributed by atoms with Crippen LogP contribution in [-0.4, -0.2) is 14.2 Å². The van der Waals surface area contributed by atoms with Crippen molar-refractivity contribution in [1.29, 1.82) is 0 Å². The topological polar surface area (TPSA) is 18.5 Å². The molecule has 21 heavy (non-hydrogen) atoms. The molecule has 0 bridgehead atoms. The van der Waals surface area contributed by atoms with Gasteiger partial charge in [-0.1, -0.05) is 30.7 Å². The Kier molecular flexibility index (Phi) is 5.29. The van der Waals surface area contributed by atoms with Gasteiger partial charge in [0.05, 0.1) is 19.3 Å². The predicted octanol–water partition coefficient (Wildman–Crippen LogP) is 5.22. The average Bonchev–Trinajstić information content (AvgIpc) is 2.56. The van der Waals surface area contributed by atoms with Gasteiger partial charge in [-0.2, -0.15) is 0 Å². The van der Waals surface area contributed by atoms with Crippen molar-refractivity contribution < 1.29 is 9.47 Å². The van der Waals surface area contributed by atoms with Gasteiger partial charge >= 0.3 is 0 Å². The molecule has 0 saturated carbocycles. The molecule has 0 aliphatic rings. The lowest BCUT2D eigenvalue weighted by atomic mass is 10.00. The molecule has 2 aromatic rings. The summed E-state index contributed by atoms with van der Waals surface area (Å²) in [6.45, 7) is 2.10. The zero-order valence-corrected chi connectivity index (χ0v) is 13.3. The maximum Gasteiger partial charge on any atom is 0.118 e. The Morgan fingerprint density at radius 2 is 1.24 bits per heavy atom. The Hall–Kier alpha value is -1.93. The summed E-state index contributed by atoms with van der Waals surface area (Å²) in [6, 6.07) is 15.7. The van der Waals surface area contributed by atoms with Gasteiger partial charge in [-0.25, -0.2) is 0 Å². The molecule has 0 radical (unpaired) electrons. The normalized spacial score (nSPS) is 11.8. The van der Waals surface area contributed by atoms with Crippen LogP contribution in [0.2, 0.25) is 0 Å². The number of hydrogen-bond acceptors (Lipinski definition) is 2. The largest absolute Gasteiger partial charge is 0.497 e. The first-order valence-corrected chi connectivity index (χ1v) is 7.25. The number of hydrogen-bond donors (Lipinski definition) is 0. The Morgan fingerprint density at radius 3 is 1.62 bits per heavy atom. The first-order valence-electron chi connectivity index (χ1n) is 6.87. The average molecular weight is 303 g/mol. The molecule has 0 unspecified atom stereocenters. The van der Waals surface area contributed by atoms with Crippen LogP contribution in [0.3, 0.4) is 0 Å². The van der Waals surface area contributed by atoms with E-state index in [0.717, 1.165) is 39.7 Å². The standard InChI is InChI=1S/C18H19ClO2/c1-4-17(13-5-9-15(20-2)10-6-13)18(19)14-7-11-16(21-3)12-8-14/h5-12H,4H2,1-3H3. The van der Waals surface area contributed by atoms with Crippen molar-refractivity contribution >= 4 is 22.2 Å². The summed E-state index contributed by atoms with van der Waals surface area (Å²) in [5, 5.41) is 0.769. The van der Waals surface area contributed by atoms with Crippen LogP contribution < -0.4 is 9.47 Å². The molecule has 0 aromatic heterocycles. The van der Waals surface area contributed by atoms with Crippen LogP contribution in [-0.2, 0) is 0 Å². The third-order valence-corrected chi connectivity index (χ3v) is 3.85. The fraction of sp³-hybridized carbons (Fsp3) is 0.222. The van der Waals surface area contributed by atoms with E-state index < -0.39 is 0 Å². The zero-order chi connectivity index (χ0) is 15.2. The summed E-state index contributed by atoms with van der Waals surface area (Å²) in [6.07, 6.45) is 0.858. The van der Waals surface area contributed by atoms with Crippen molar-refractivity contribution in [3.05, 3.63) is 59.7 Å². The molecule has 0 heterocycles. The molecule has 0 saturated heterocycles. The maximum absolute atomic E-state index is 6.58. The molecule has 0 aliphatic heterocycles. The molecule has 2 nitrogen and oxygen atoms in total. The number of halogens is 1. The molecular weight excluding hydrogens is 284 g/mol. The van der Waals surface area contributed by atoms with Crippen LogP contribution in [0.25, 0.3) is 10.6 Å². The molecule has 0 amide bonds. The molecule has 2 aromatic carbocycles. The Labute approximate surface area is 131 Å². The third kappa shape index (κ3) is 3.59. The summed E-state index contributed by atoms with van der Waals surface area (Å²) in [4.78, 5) is 0. The van der Waals surface area contributed by atoms with Gasteiger partial charge in [0, 0.05) is 0 Å². The van der Waals surface area contributed by atoms with Crippen molar-refractivity contribution in [1.82, 2.24) is 0 Å². The van der Waals surface area contributed by atoms with E-state index in [1.54, 1.807) is 14.2 Å². The number of benzene rings is 2. The van der Waals surface area contributed by atoms with Gasteiger partial charge in [-0.15, -0.1) is 0 Å². The quantitative estimate of drug-likeness (QED) is 0.705. The van der Waals surface area contributed by atoms with E-state index in [1.807, 2.05) is 48.5 Å². The highest BCUT2D eigenvalue weighted by Gasteiger charge is 2.08. The fourth-order valence-electron chi connectivity index (χ4n) is 2.19. The number of ether oxygens (including phenoxy) is 2. The minimum Gasteiger partial charge on any atom is -0.497 e. The monoisotopic (exact) mass is 302 g/mol. The number of allylic oxidation sites excluding steroid dienone is 1. The molecule has 0 aliphatic carbocycles. The second kappa shape index (κ2) is 7.19. The van der Waals surface area contributed by atoms with Gasteiger partial charge < -0.3 is 9.47 Å². The van der Waals surface area contributed by atoms with Crippen LogP contribution in [0.5, 0.6) is 11.5 Å². The first kappa shape index (κ1) is 15.5. The lowest BCUT2D eigenvalue weighted by Crippen LogP contribution is -1.89. The molecule has 0 N–H and O–H groups in total. The van der Waals surface area contributed by atoms with Crippen LogP contribution in [0.15, 0.2) is 48.5 Å². The highest BCUT2D eigenvalue weighted by atomic mass is 35.5. The summed E-state index contributed by atoms with van der Waals surface area (Å²) in [5.41, 5.74) is 3.22. The van der Waals surface area contributed by atoms with E-state index in [0.29, 0.717) is 0 Å². The van der Waals surface area contributed by atoms with E-state index in [2.05, 4.69) is 6.92 Å². The van der Waals surface area contributed by atoms with Crippen molar-refractivity contribution in [3.8, 4) is 11.5 Å². The van der Waals surface area contributed by atoms with Gasteiger partial charge in [0.15, 0.2) is 0 Å². The Morgan fingerprint density at radius 1 is 0.810 bits per heavy atom. The van der Waals surface area contributed by atoms with Crippen molar-refractivity contribution in [2.75, 3.05) is 14.2 Å². The second-order valence-electron chi connectivity index (χ2n) is 4.60. The highest BCUT2D eigenvalue weighted by molar-refractivity contribution is 6.52. The van der Waals surface area contributed by atoms with Gasteiger partial charge in [-0.3, -0.25) is 0 Å². The van der Waals surface area contributed by atoms with Crippen molar-refractivity contribution in [3.63, 3.8) is 0 Å². The second-order valence-corrected chi connectivity index (χ2v) is 4.98. The Balaban J connectivity index is 2.39. The molecule has 2 rings (SSSR count). The molecular formula is C18H19ClO2. The smallest absolute Gasteiger partial charge is 0.118 e. The van der Waals surface area contributed by atoms with E-state index in [1.165, 1.54) is 0 Å². The van der Waals surface area contributed by atoms with Crippen LogP contribution in [0.4, 0.5) is 0 Å². The SMILES string of the molecule is CCC(=C(Cl)c1ccc(OC)cc1)c1ccc(OC)cc1. The van der Waals surface area contributed by atoms with Gasteiger partial charge in [-0.05, 0) is 59.5 Å². The summed E-state index contributed by atoms with van der Waals surface area (Å²) in [5.74, 6) is 1.67. The van der Waals surface area contributed by atoms with Gasteiger partial charge in [0.2, 0.25) is 0 Å². The van der Waals surface area contributed by atoms with Gasteiger partial charge in [0.25, 0.3) is 0 Å². The number of methoxy groups -OCH3 is 2. The summed E-state index contributed by atoms with van der Waals surface area (Å²) < 4.78 is 10.4. The van der Waals surface area contributed by atoms with Crippen molar-refractivity contribution in [2.45, 2.75) is 13.3 Å². The molecule has 0 fully saturated rings. The lowest BCUT2D eigenvalue weighted by Gasteiger charge is -2.11. The van der Waals surface area contributed by atoms with E-state index in [4.69, 9.17) is 21.1 Å². The minimum atomic E-state index is 0.769. The summed E-state index contributed by atoms with van der Waals surface area (Å²) >= 11 is 6.58. The van der Waals surface area contributed by atoms with Crippen LogP contribution in [0.1, 0.15) is 24.5 Å². The predicted molar refractivity (Wildman–Crippen MR) is 88.9 cm³/mol. The zero-order valence-electron chi connectivity index (χ0n) is 12.5. The summed E-state index contributed by atoms with van der Waals surface area (Å²) in [7, 11) is 3.32. The van der Waals surface area contributed by atoms with Crippen LogP contribution in [0, 0.1) is 0 Å². The van der Waals surface area contributed by atoms with Gasteiger partial charge in [0.1, 0.15) is 11.5 Å². The molecule has 110 valence electrons. The first-order chi connectivity index (χ1) is 10.2. The molecule has 0 spiro atoms. The molecule has 0 atom stereocenters. The van der Waals surface area contributed by atoms with Crippen LogP contribution >= 0.6 is 11.6 Å². The maximum atomic E-state index is 6.58. The number of rotatable bonds is 5. The van der Waals surface area contributed by atoms with E-state index in [-0.39, 0.29) is 0 Å². The van der Waals surface area contributed by atoms with Crippen molar-refractivity contribution in [2.24, 2.45) is 0 Å².